The highest BCUT2D eigenvalue weighted by Crippen LogP contribution is 2.28. The predicted molar refractivity (Wildman–Crippen MR) is 76.2 cm³/mol. The minimum Gasteiger partial charge on any atom is -0.368 e. The van der Waals surface area contributed by atoms with Crippen molar-refractivity contribution in [2.45, 2.75) is 13.1 Å². The maximum absolute atomic E-state index is 12.3. The third-order valence-electron chi connectivity index (χ3n) is 3.47. The van der Waals surface area contributed by atoms with Crippen molar-refractivity contribution in [3.8, 4) is 0 Å². The first-order valence-electron chi connectivity index (χ1n) is 6.61. The number of Topliss-reactive ketones (excluding diaryl/α,β-unsaturated/α-hetero) is 1. The Hall–Kier alpha value is -1.27. The molecule has 0 spiro atoms. The molecule has 0 saturated carbocycles. The predicted octanol–water partition coefficient (Wildman–Crippen LogP) is 3.23. The molecule has 0 amide bonds. The first-order chi connectivity index (χ1) is 9.76. The maximum Gasteiger partial charge on any atom is 0.401 e. The number of hydrogen-bond donors (Lipinski definition) is 0. The van der Waals surface area contributed by atoms with E-state index in [9.17, 15) is 18.0 Å². The van der Waals surface area contributed by atoms with Crippen molar-refractivity contribution in [1.29, 1.82) is 0 Å². The van der Waals surface area contributed by atoms with E-state index in [-0.39, 0.29) is 5.78 Å². The van der Waals surface area contributed by atoms with E-state index in [2.05, 4.69) is 0 Å². The van der Waals surface area contributed by atoms with E-state index in [1.165, 1.54) is 11.8 Å². The monoisotopic (exact) mass is 320 g/mol. The van der Waals surface area contributed by atoms with Crippen LogP contribution in [0.2, 0.25) is 5.02 Å². The quantitative estimate of drug-likeness (QED) is 0.799. The van der Waals surface area contributed by atoms with Crippen LogP contribution in [0, 0.1) is 0 Å². The molecule has 3 nitrogen and oxygen atoms in total. The molecule has 1 aromatic carbocycles. The van der Waals surface area contributed by atoms with Crippen LogP contribution in [0.4, 0.5) is 18.9 Å². The summed E-state index contributed by atoms with van der Waals surface area (Å²) < 4.78 is 37.0. The second kappa shape index (κ2) is 6.23. The Morgan fingerprint density at radius 3 is 2.33 bits per heavy atom. The summed E-state index contributed by atoms with van der Waals surface area (Å²) in [5, 5.41) is 0.451. The maximum atomic E-state index is 12.3. The zero-order valence-corrected chi connectivity index (χ0v) is 12.3. The fraction of sp³-hybridized carbons (Fsp3) is 0.500. The van der Waals surface area contributed by atoms with Crippen LogP contribution in [-0.4, -0.2) is 49.6 Å². The zero-order valence-electron chi connectivity index (χ0n) is 11.6. The molecule has 0 aliphatic carbocycles. The van der Waals surface area contributed by atoms with Crippen molar-refractivity contribution >= 4 is 23.1 Å². The Morgan fingerprint density at radius 2 is 1.86 bits per heavy atom. The van der Waals surface area contributed by atoms with Crippen LogP contribution in [-0.2, 0) is 0 Å². The van der Waals surface area contributed by atoms with E-state index in [0.717, 1.165) is 5.69 Å². The normalized spacial score (nSPS) is 17.1. The minimum atomic E-state index is -4.16. The number of halogens is 4. The number of carbonyl (C=O) groups is 1. The van der Waals surface area contributed by atoms with Gasteiger partial charge in [-0.25, -0.2) is 0 Å². The molecule has 1 heterocycles. The van der Waals surface area contributed by atoms with Crippen molar-refractivity contribution < 1.29 is 18.0 Å². The summed E-state index contributed by atoms with van der Waals surface area (Å²) in [6.45, 7) is 2.22. The topological polar surface area (TPSA) is 23.6 Å². The smallest absolute Gasteiger partial charge is 0.368 e. The van der Waals surface area contributed by atoms with E-state index in [1.54, 1.807) is 18.2 Å². The molecule has 0 atom stereocenters. The lowest BCUT2D eigenvalue weighted by Crippen LogP contribution is -2.49. The summed E-state index contributed by atoms with van der Waals surface area (Å²) in [7, 11) is 0. The van der Waals surface area contributed by atoms with Gasteiger partial charge in [0.2, 0.25) is 0 Å². The zero-order chi connectivity index (χ0) is 15.6. The molecule has 0 radical (unpaired) electrons. The largest absolute Gasteiger partial charge is 0.401 e. The molecule has 1 aliphatic rings. The van der Waals surface area contributed by atoms with Crippen molar-refractivity contribution in [2.75, 3.05) is 37.6 Å². The molecule has 116 valence electrons. The number of benzene rings is 1. The number of anilines is 1. The summed E-state index contributed by atoms with van der Waals surface area (Å²) >= 11 is 6.16. The van der Waals surface area contributed by atoms with E-state index < -0.39 is 12.7 Å². The summed E-state index contributed by atoms with van der Waals surface area (Å²) in [5.41, 5.74) is 1.28. The lowest BCUT2D eigenvalue weighted by atomic mass is 10.1. The van der Waals surface area contributed by atoms with Crippen molar-refractivity contribution in [3.05, 3.63) is 28.8 Å². The van der Waals surface area contributed by atoms with Crippen LogP contribution < -0.4 is 4.90 Å². The van der Waals surface area contributed by atoms with Crippen LogP contribution in [0.25, 0.3) is 0 Å². The van der Waals surface area contributed by atoms with Gasteiger partial charge in [-0.15, -0.1) is 0 Å². The number of alkyl halides is 3. The van der Waals surface area contributed by atoms with Gasteiger partial charge in [0, 0.05) is 31.7 Å². The SMILES string of the molecule is CC(=O)c1ccc(N2CCN(CC(F)(F)F)CC2)c(Cl)c1. The van der Waals surface area contributed by atoms with Crippen LogP contribution in [0.3, 0.4) is 0 Å². The first-order valence-corrected chi connectivity index (χ1v) is 6.98. The number of ketones is 1. The number of piperazine rings is 1. The van der Waals surface area contributed by atoms with Crippen LogP contribution in [0.15, 0.2) is 18.2 Å². The molecule has 0 bridgehead atoms. The Bertz CT molecular complexity index is 525. The van der Waals surface area contributed by atoms with E-state index in [1.807, 2.05) is 4.90 Å². The number of nitrogens with zero attached hydrogens (tertiary/aromatic N) is 2. The second-order valence-electron chi connectivity index (χ2n) is 5.10. The summed E-state index contributed by atoms with van der Waals surface area (Å²) in [6, 6.07) is 5.03. The van der Waals surface area contributed by atoms with Gasteiger partial charge in [0.25, 0.3) is 0 Å². The first kappa shape index (κ1) is 16.1. The molecule has 21 heavy (non-hydrogen) atoms. The lowest BCUT2D eigenvalue weighted by molar-refractivity contribution is -0.146. The standard InChI is InChI=1S/C14H16ClF3N2O/c1-10(21)11-2-3-13(12(15)8-11)20-6-4-19(5-7-20)9-14(16,17)18/h2-3,8H,4-7,9H2,1H3. The Kier molecular flexibility index (Phi) is 4.78. The molecule has 2 rings (SSSR count). The van der Waals surface area contributed by atoms with Crippen LogP contribution >= 0.6 is 11.6 Å². The average Bonchev–Trinajstić information content (AvgIpc) is 2.38. The van der Waals surface area contributed by atoms with E-state index >= 15 is 0 Å². The van der Waals surface area contributed by atoms with Gasteiger partial charge >= 0.3 is 6.18 Å². The highest BCUT2D eigenvalue weighted by Gasteiger charge is 2.32. The van der Waals surface area contributed by atoms with Crippen molar-refractivity contribution in [2.24, 2.45) is 0 Å². The Balaban J connectivity index is 2.01. The van der Waals surface area contributed by atoms with Gasteiger partial charge in [-0.1, -0.05) is 11.6 Å². The van der Waals surface area contributed by atoms with Gasteiger partial charge in [-0.3, -0.25) is 9.69 Å². The molecule has 0 N–H and O–H groups in total. The highest BCUT2D eigenvalue weighted by molar-refractivity contribution is 6.33. The minimum absolute atomic E-state index is 0.0709. The number of hydrogen-bond acceptors (Lipinski definition) is 3. The summed E-state index contributed by atoms with van der Waals surface area (Å²) in [6.07, 6.45) is -4.16. The Morgan fingerprint density at radius 1 is 1.24 bits per heavy atom. The molecular weight excluding hydrogens is 305 g/mol. The highest BCUT2D eigenvalue weighted by atomic mass is 35.5. The molecule has 1 aromatic rings. The van der Waals surface area contributed by atoms with Crippen LogP contribution in [0.1, 0.15) is 17.3 Å². The van der Waals surface area contributed by atoms with Crippen LogP contribution in [0.5, 0.6) is 0 Å². The van der Waals surface area contributed by atoms with Gasteiger partial charge in [0.15, 0.2) is 5.78 Å². The molecule has 0 unspecified atom stereocenters. The van der Waals surface area contributed by atoms with E-state index in [0.29, 0.717) is 36.8 Å². The second-order valence-corrected chi connectivity index (χ2v) is 5.51. The number of carbonyl (C=O) groups excluding carboxylic acids is 1. The molecule has 7 heteroatoms. The summed E-state index contributed by atoms with van der Waals surface area (Å²) in [5.74, 6) is -0.0709. The number of rotatable bonds is 3. The van der Waals surface area contributed by atoms with Gasteiger partial charge in [-0.05, 0) is 25.1 Å². The van der Waals surface area contributed by atoms with Gasteiger partial charge < -0.3 is 4.90 Å². The summed E-state index contributed by atoms with van der Waals surface area (Å²) in [4.78, 5) is 14.6. The lowest BCUT2D eigenvalue weighted by Gasteiger charge is -2.36. The third-order valence-corrected chi connectivity index (χ3v) is 3.77. The molecule has 1 saturated heterocycles. The van der Waals surface area contributed by atoms with Gasteiger partial charge in [-0.2, -0.15) is 13.2 Å². The molecule has 1 aliphatic heterocycles. The van der Waals surface area contributed by atoms with Crippen molar-refractivity contribution in [1.82, 2.24) is 4.90 Å². The average molecular weight is 321 g/mol. The van der Waals surface area contributed by atoms with Gasteiger partial charge in [0.05, 0.1) is 17.3 Å². The van der Waals surface area contributed by atoms with E-state index in [4.69, 9.17) is 11.6 Å². The molecular formula is C14H16ClF3N2O. The van der Waals surface area contributed by atoms with Gasteiger partial charge in [0.1, 0.15) is 0 Å². The Labute approximate surface area is 126 Å². The third kappa shape index (κ3) is 4.35. The van der Waals surface area contributed by atoms with Crippen molar-refractivity contribution in [3.63, 3.8) is 0 Å². The fourth-order valence-electron chi connectivity index (χ4n) is 2.38. The fourth-order valence-corrected chi connectivity index (χ4v) is 2.68. The molecule has 0 aromatic heterocycles. The molecule has 1 fully saturated rings.